The first-order valence-electron chi connectivity index (χ1n) is 5.74. The fraction of sp³-hybridized carbons (Fsp3) is 0.286. The molecule has 0 fully saturated rings. The molecule has 0 saturated heterocycles. The van der Waals surface area contributed by atoms with Gasteiger partial charge in [0, 0.05) is 23.0 Å². The number of nitrogens with one attached hydrogen (secondary N) is 1. The lowest BCUT2D eigenvalue weighted by molar-refractivity contribution is 0.837. The molecule has 0 atom stereocenters. The van der Waals surface area contributed by atoms with Crippen molar-refractivity contribution in [2.75, 3.05) is 18.0 Å². The van der Waals surface area contributed by atoms with E-state index in [4.69, 9.17) is 11.6 Å². The number of halogens is 1. The van der Waals surface area contributed by atoms with Gasteiger partial charge in [-0.2, -0.15) is 0 Å². The Morgan fingerprint density at radius 2 is 2.06 bits per heavy atom. The Kier molecular flexibility index (Phi) is 5.64. The SMILES string of the molecule is C=CN/C(=C\C)CN(CC)c1ccc(Cl)cc1. The number of hydrogen-bond donors (Lipinski definition) is 1. The van der Waals surface area contributed by atoms with Crippen LogP contribution in [0.25, 0.3) is 0 Å². The highest BCUT2D eigenvalue weighted by Gasteiger charge is 2.05. The van der Waals surface area contributed by atoms with Crippen molar-refractivity contribution in [2.45, 2.75) is 13.8 Å². The molecule has 0 aliphatic rings. The van der Waals surface area contributed by atoms with Crippen LogP contribution in [0.1, 0.15) is 13.8 Å². The molecule has 0 unspecified atom stereocenters. The number of allylic oxidation sites excluding steroid dienone is 1. The third kappa shape index (κ3) is 4.16. The van der Waals surface area contributed by atoms with Gasteiger partial charge in [0.15, 0.2) is 0 Å². The molecule has 1 N–H and O–H groups in total. The number of benzene rings is 1. The lowest BCUT2D eigenvalue weighted by atomic mass is 10.2. The largest absolute Gasteiger partial charge is 0.366 e. The predicted octanol–water partition coefficient (Wildman–Crippen LogP) is 3.80. The first-order valence-corrected chi connectivity index (χ1v) is 6.12. The van der Waals surface area contributed by atoms with Crippen LogP contribution in [0.2, 0.25) is 5.02 Å². The average Bonchev–Trinajstić information content (AvgIpc) is 2.36. The Morgan fingerprint density at radius 3 is 2.53 bits per heavy atom. The van der Waals surface area contributed by atoms with Crippen LogP contribution in [-0.2, 0) is 0 Å². The Balaban J connectivity index is 2.77. The third-order valence-electron chi connectivity index (χ3n) is 2.57. The van der Waals surface area contributed by atoms with E-state index < -0.39 is 0 Å². The molecule has 0 saturated carbocycles. The molecule has 0 aliphatic carbocycles. The summed E-state index contributed by atoms with van der Waals surface area (Å²) in [6, 6.07) is 7.89. The topological polar surface area (TPSA) is 15.3 Å². The zero-order valence-corrected chi connectivity index (χ0v) is 11.2. The maximum Gasteiger partial charge on any atom is 0.0576 e. The van der Waals surface area contributed by atoms with Crippen molar-refractivity contribution in [3.63, 3.8) is 0 Å². The van der Waals surface area contributed by atoms with Gasteiger partial charge in [-0.1, -0.05) is 24.3 Å². The normalized spacial score (nSPS) is 11.1. The van der Waals surface area contributed by atoms with Crippen molar-refractivity contribution < 1.29 is 0 Å². The van der Waals surface area contributed by atoms with E-state index in [-0.39, 0.29) is 0 Å². The van der Waals surface area contributed by atoms with Crippen molar-refractivity contribution in [2.24, 2.45) is 0 Å². The lowest BCUT2D eigenvalue weighted by Crippen LogP contribution is -2.28. The number of rotatable bonds is 6. The van der Waals surface area contributed by atoms with Gasteiger partial charge in [0.1, 0.15) is 0 Å². The maximum absolute atomic E-state index is 5.89. The molecule has 0 aliphatic heterocycles. The van der Waals surface area contributed by atoms with Gasteiger partial charge in [0.25, 0.3) is 0 Å². The van der Waals surface area contributed by atoms with Crippen molar-refractivity contribution in [1.29, 1.82) is 0 Å². The number of nitrogens with zero attached hydrogens (tertiary/aromatic N) is 1. The predicted molar refractivity (Wildman–Crippen MR) is 76.4 cm³/mol. The summed E-state index contributed by atoms with van der Waals surface area (Å²) in [4.78, 5) is 2.27. The second-order valence-corrected chi connectivity index (χ2v) is 4.09. The molecule has 0 heterocycles. The molecule has 1 aromatic carbocycles. The molecule has 0 spiro atoms. The minimum Gasteiger partial charge on any atom is -0.366 e. The van der Waals surface area contributed by atoms with Gasteiger partial charge in [-0.05, 0) is 44.3 Å². The molecule has 17 heavy (non-hydrogen) atoms. The molecule has 1 rings (SSSR count). The van der Waals surface area contributed by atoms with Gasteiger partial charge in [-0.25, -0.2) is 0 Å². The van der Waals surface area contributed by atoms with Gasteiger partial charge >= 0.3 is 0 Å². The van der Waals surface area contributed by atoms with Gasteiger partial charge in [0.05, 0.1) is 6.54 Å². The maximum atomic E-state index is 5.89. The molecule has 2 nitrogen and oxygen atoms in total. The summed E-state index contributed by atoms with van der Waals surface area (Å²) in [6.45, 7) is 9.60. The molecule has 0 bridgehead atoms. The highest BCUT2D eigenvalue weighted by Crippen LogP contribution is 2.18. The van der Waals surface area contributed by atoms with Crippen LogP contribution in [0.3, 0.4) is 0 Å². The van der Waals surface area contributed by atoms with Gasteiger partial charge in [0.2, 0.25) is 0 Å². The van der Waals surface area contributed by atoms with E-state index >= 15 is 0 Å². The van der Waals surface area contributed by atoms with Gasteiger partial charge in [-0.3, -0.25) is 0 Å². The molecule has 0 aromatic heterocycles. The Labute approximate surface area is 109 Å². The second kappa shape index (κ2) is 7.02. The molecule has 92 valence electrons. The molecule has 1 aromatic rings. The lowest BCUT2D eigenvalue weighted by Gasteiger charge is -2.24. The fourth-order valence-corrected chi connectivity index (χ4v) is 1.72. The van der Waals surface area contributed by atoms with Crippen molar-refractivity contribution in [1.82, 2.24) is 5.32 Å². The van der Waals surface area contributed by atoms with E-state index in [2.05, 4.69) is 29.8 Å². The molecule has 0 amide bonds. The summed E-state index contributed by atoms with van der Waals surface area (Å²) in [7, 11) is 0. The number of likely N-dealkylation sites (N-methyl/N-ethyl adjacent to an activating group) is 1. The summed E-state index contributed by atoms with van der Waals surface area (Å²) in [5.74, 6) is 0. The van der Waals surface area contributed by atoms with Crippen LogP contribution in [-0.4, -0.2) is 13.1 Å². The van der Waals surface area contributed by atoms with E-state index in [0.717, 1.165) is 23.8 Å². The van der Waals surface area contributed by atoms with Crippen LogP contribution in [0.4, 0.5) is 5.69 Å². The van der Waals surface area contributed by atoms with E-state index in [1.54, 1.807) is 6.20 Å². The standard InChI is InChI=1S/C14H19ClN2/c1-4-13(16-5-2)11-17(6-3)14-9-7-12(15)8-10-14/h4-5,7-10,16H,2,6,11H2,1,3H3/b13-4-. The zero-order valence-electron chi connectivity index (χ0n) is 10.4. The Hall–Kier alpha value is -1.41. The van der Waals surface area contributed by atoms with Crippen LogP contribution in [0.15, 0.2) is 48.8 Å². The molecule has 3 heteroatoms. The summed E-state index contributed by atoms with van der Waals surface area (Å²) in [5.41, 5.74) is 2.30. The minimum atomic E-state index is 0.764. The first kappa shape index (κ1) is 13.7. The average molecular weight is 251 g/mol. The smallest absolute Gasteiger partial charge is 0.0576 e. The zero-order chi connectivity index (χ0) is 12.7. The van der Waals surface area contributed by atoms with Crippen molar-refractivity contribution in [3.8, 4) is 0 Å². The molecular formula is C14H19ClN2. The monoisotopic (exact) mass is 250 g/mol. The summed E-state index contributed by atoms with van der Waals surface area (Å²) < 4.78 is 0. The van der Waals surface area contributed by atoms with E-state index in [9.17, 15) is 0 Å². The second-order valence-electron chi connectivity index (χ2n) is 3.65. The molecule has 0 radical (unpaired) electrons. The summed E-state index contributed by atoms with van der Waals surface area (Å²) >= 11 is 5.89. The first-order chi connectivity index (χ1) is 8.21. The van der Waals surface area contributed by atoms with Crippen LogP contribution in [0.5, 0.6) is 0 Å². The summed E-state index contributed by atoms with van der Waals surface area (Å²) in [6.07, 6.45) is 3.76. The van der Waals surface area contributed by atoms with Crippen LogP contribution in [0, 0.1) is 0 Å². The van der Waals surface area contributed by atoms with Crippen LogP contribution < -0.4 is 10.2 Å². The van der Waals surface area contributed by atoms with Crippen molar-refractivity contribution >= 4 is 17.3 Å². The Bertz CT molecular complexity index is 382. The van der Waals surface area contributed by atoms with E-state index in [1.807, 2.05) is 31.2 Å². The highest BCUT2D eigenvalue weighted by atomic mass is 35.5. The number of anilines is 1. The number of hydrogen-bond acceptors (Lipinski definition) is 2. The van der Waals surface area contributed by atoms with E-state index in [0.29, 0.717) is 0 Å². The van der Waals surface area contributed by atoms with Gasteiger partial charge in [-0.15, -0.1) is 0 Å². The van der Waals surface area contributed by atoms with E-state index in [1.165, 1.54) is 5.69 Å². The molecular weight excluding hydrogens is 232 g/mol. The van der Waals surface area contributed by atoms with Crippen LogP contribution >= 0.6 is 11.6 Å². The fourth-order valence-electron chi connectivity index (χ4n) is 1.59. The Morgan fingerprint density at radius 1 is 1.41 bits per heavy atom. The highest BCUT2D eigenvalue weighted by molar-refractivity contribution is 6.30. The quantitative estimate of drug-likeness (QED) is 0.826. The summed E-state index contributed by atoms with van der Waals surface area (Å²) in [5, 5.41) is 3.90. The van der Waals surface area contributed by atoms with Gasteiger partial charge < -0.3 is 10.2 Å². The van der Waals surface area contributed by atoms with Crippen molar-refractivity contribution in [3.05, 3.63) is 53.8 Å². The minimum absolute atomic E-state index is 0.764. The third-order valence-corrected chi connectivity index (χ3v) is 2.82.